The average molecular weight is 307 g/mol. The van der Waals surface area contributed by atoms with Gasteiger partial charge in [-0.25, -0.2) is 4.98 Å². The Hall–Kier alpha value is -3.08. The first-order valence-electron chi connectivity index (χ1n) is 7.27. The van der Waals surface area contributed by atoms with E-state index >= 15 is 0 Å². The number of phenolic OH excluding ortho intramolecular Hbond substituents is 1. The maximum atomic E-state index is 9.54. The molecule has 0 saturated heterocycles. The van der Waals surface area contributed by atoms with Crippen molar-refractivity contribution in [2.24, 2.45) is 5.16 Å². The molecule has 5 nitrogen and oxygen atoms in total. The lowest BCUT2D eigenvalue weighted by molar-refractivity contribution is 0.322. The van der Waals surface area contributed by atoms with Gasteiger partial charge in [-0.1, -0.05) is 11.2 Å². The van der Waals surface area contributed by atoms with Gasteiger partial charge in [0.2, 0.25) is 0 Å². The van der Waals surface area contributed by atoms with Crippen LogP contribution in [0.5, 0.6) is 5.75 Å². The van der Waals surface area contributed by atoms with Gasteiger partial charge in [0.1, 0.15) is 11.4 Å². The van der Waals surface area contributed by atoms with Crippen LogP contribution in [0.2, 0.25) is 0 Å². The zero-order valence-corrected chi connectivity index (χ0v) is 12.9. The SMILES string of the molecule is C/C=C(/C)c1c(/C=N/O)c2cccnc2n1-c1ccc(O)cc1. The molecule has 0 aliphatic rings. The summed E-state index contributed by atoms with van der Waals surface area (Å²) in [5.74, 6) is 0.208. The third kappa shape index (κ3) is 2.46. The number of hydrogen-bond donors (Lipinski definition) is 2. The van der Waals surface area contributed by atoms with Crippen molar-refractivity contribution in [1.29, 1.82) is 0 Å². The number of nitrogens with zero attached hydrogens (tertiary/aromatic N) is 3. The monoisotopic (exact) mass is 307 g/mol. The minimum Gasteiger partial charge on any atom is -0.508 e. The standard InChI is InChI=1S/C18H17N3O2/c1-3-12(2)17-16(11-20-23)15-5-4-10-19-18(15)21(17)13-6-8-14(22)9-7-13/h3-11,22-23H,1-2H3/b12-3-,20-11+. The van der Waals surface area contributed by atoms with Crippen molar-refractivity contribution in [2.45, 2.75) is 13.8 Å². The molecule has 0 spiro atoms. The first kappa shape index (κ1) is 14.8. The molecule has 0 unspecified atom stereocenters. The summed E-state index contributed by atoms with van der Waals surface area (Å²) in [6.45, 7) is 3.96. The maximum Gasteiger partial charge on any atom is 0.145 e. The van der Waals surface area contributed by atoms with Crippen molar-refractivity contribution in [3.8, 4) is 11.4 Å². The summed E-state index contributed by atoms with van der Waals surface area (Å²) >= 11 is 0. The fraction of sp³-hybridized carbons (Fsp3) is 0.111. The van der Waals surface area contributed by atoms with Crippen LogP contribution in [0.3, 0.4) is 0 Å². The Balaban J connectivity index is 2.46. The molecular formula is C18H17N3O2. The Morgan fingerprint density at radius 1 is 1.22 bits per heavy atom. The predicted molar refractivity (Wildman–Crippen MR) is 91.4 cm³/mol. The van der Waals surface area contributed by atoms with Gasteiger partial charge in [0.25, 0.3) is 0 Å². The normalized spacial score (nSPS) is 12.3. The van der Waals surface area contributed by atoms with E-state index in [-0.39, 0.29) is 5.75 Å². The molecule has 0 saturated carbocycles. The van der Waals surface area contributed by atoms with Crippen LogP contribution in [0.1, 0.15) is 25.1 Å². The Morgan fingerprint density at radius 3 is 2.61 bits per heavy atom. The summed E-state index contributed by atoms with van der Waals surface area (Å²) in [5, 5.41) is 22.7. The van der Waals surface area contributed by atoms with Gasteiger partial charge >= 0.3 is 0 Å². The van der Waals surface area contributed by atoms with Gasteiger partial charge in [-0.2, -0.15) is 0 Å². The smallest absolute Gasteiger partial charge is 0.145 e. The van der Waals surface area contributed by atoms with Gasteiger partial charge < -0.3 is 10.3 Å². The van der Waals surface area contributed by atoms with Crippen molar-refractivity contribution in [2.75, 3.05) is 0 Å². The molecule has 0 atom stereocenters. The van der Waals surface area contributed by atoms with E-state index in [0.29, 0.717) is 0 Å². The van der Waals surface area contributed by atoms with Crippen LogP contribution in [0, 0.1) is 0 Å². The zero-order valence-electron chi connectivity index (χ0n) is 12.9. The van der Waals surface area contributed by atoms with Crippen LogP contribution >= 0.6 is 0 Å². The van der Waals surface area contributed by atoms with E-state index in [9.17, 15) is 5.11 Å². The second kappa shape index (κ2) is 5.96. The molecule has 116 valence electrons. The van der Waals surface area contributed by atoms with E-state index in [0.717, 1.165) is 33.6 Å². The zero-order chi connectivity index (χ0) is 16.4. The molecule has 0 bridgehead atoms. The third-order valence-corrected chi connectivity index (χ3v) is 3.87. The molecule has 0 amide bonds. The van der Waals surface area contributed by atoms with Crippen molar-refractivity contribution >= 4 is 22.8 Å². The van der Waals surface area contributed by atoms with E-state index in [2.05, 4.69) is 10.1 Å². The highest BCUT2D eigenvalue weighted by Crippen LogP contribution is 2.32. The lowest BCUT2D eigenvalue weighted by atomic mass is 10.1. The Labute approximate surface area is 133 Å². The number of phenols is 1. The Kier molecular flexibility index (Phi) is 3.85. The number of fused-ring (bicyclic) bond motifs is 1. The largest absolute Gasteiger partial charge is 0.508 e. The van der Waals surface area contributed by atoms with E-state index in [1.165, 1.54) is 6.21 Å². The van der Waals surface area contributed by atoms with Crippen LogP contribution in [0.15, 0.2) is 53.8 Å². The molecule has 2 heterocycles. The van der Waals surface area contributed by atoms with Gasteiger partial charge in [0, 0.05) is 22.8 Å². The highest BCUT2D eigenvalue weighted by Gasteiger charge is 2.19. The first-order valence-corrected chi connectivity index (χ1v) is 7.27. The second-order valence-electron chi connectivity index (χ2n) is 5.20. The number of allylic oxidation sites excluding steroid dienone is 2. The number of rotatable bonds is 3. The number of aromatic hydroxyl groups is 1. The summed E-state index contributed by atoms with van der Waals surface area (Å²) < 4.78 is 2.00. The lowest BCUT2D eigenvalue weighted by Crippen LogP contribution is -2.01. The summed E-state index contributed by atoms with van der Waals surface area (Å²) in [6.07, 6.45) is 5.16. The molecule has 0 fully saturated rings. The van der Waals surface area contributed by atoms with Gasteiger partial charge in [0.05, 0.1) is 11.9 Å². The molecule has 2 aromatic heterocycles. The number of oxime groups is 1. The molecular weight excluding hydrogens is 290 g/mol. The van der Waals surface area contributed by atoms with Crippen molar-refractivity contribution in [3.05, 3.63) is 59.9 Å². The average Bonchev–Trinajstić information content (AvgIpc) is 2.90. The maximum absolute atomic E-state index is 9.54. The highest BCUT2D eigenvalue weighted by atomic mass is 16.4. The molecule has 0 aliphatic heterocycles. The number of aromatic nitrogens is 2. The van der Waals surface area contributed by atoms with Gasteiger partial charge in [-0.15, -0.1) is 0 Å². The van der Waals surface area contributed by atoms with Crippen LogP contribution in [-0.2, 0) is 0 Å². The topological polar surface area (TPSA) is 70.6 Å². The van der Waals surface area contributed by atoms with Crippen molar-refractivity contribution in [3.63, 3.8) is 0 Å². The first-order chi connectivity index (χ1) is 11.2. The quantitative estimate of drug-likeness (QED) is 0.437. The number of hydrogen-bond acceptors (Lipinski definition) is 4. The molecule has 0 radical (unpaired) electrons. The summed E-state index contributed by atoms with van der Waals surface area (Å²) in [7, 11) is 0. The van der Waals surface area contributed by atoms with Gasteiger partial charge in [0.15, 0.2) is 0 Å². The predicted octanol–water partition coefficient (Wildman–Crippen LogP) is 3.96. The summed E-state index contributed by atoms with van der Waals surface area (Å²) in [6, 6.07) is 10.7. The number of pyridine rings is 1. The lowest BCUT2D eigenvalue weighted by Gasteiger charge is -2.11. The minimum atomic E-state index is 0.208. The molecule has 1 aromatic carbocycles. The van der Waals surface area contributed by atoms with E-state index in [4.69, 9.17) is 5.21 Å². The van der Waals surface area contributed by atoms with Crippen molar-refractivity contribution < 1.29 is 10.3 Å². The van der Waals surface area contributed by atoms with E-state index < -0.39 is 0 Å². The molecule has 3 aromatic rings. The molecule has 3 rings (SSSR count). The minimum absolute atomic E-state index is 0.208. The number of benzene rings is 1. The molecule has 0 aliphatic carbocycles. The van der Waals surface area contributed by atoms with Gasteiger partial charge in [-0.05, 0) is 55.8 Å². The van der Waals surface area contributed by atoms with E-state index in [1.54, 1.807) is 18.3 Å². The Bertz CT molecular complexity index is 906. The van der Waals surface area contributed by atoms with Crippen LogP contribution < -0.4 is 0 Å². The summed E-state index contributed by atoms with van der Waals surface area (Å²) in [5.41, 5.74) is 4.39. The van der Waals surface area contributed by atoms with Crippen LogP contribution in [0.25, 0.3) is 22.3 Å². The molecule has 23 heavy (non-hydrogen) atoms. The Morgan fingerprint density at radius 2 is 1.96 bits per heavy atom. The van der Waals surface area contributed by atoms with E-state index in [1.807, 2.05) is 48.8 Å². The fourth-order valence-electron chi connectivity index (χ4n) is 2.71. The fourth-order valence-corrected chi connectivity index (χ4v) is 2.71. The van der Waals surface area contributed by atoms with Crippen LogP contribution in [0.4, 0.5) is 0 Å². The molecule has 5 heteroatoms. The highest BCUT2D eigenvalue weighted by molar-refractivity contribution is 6.04. The molecule has 2 N–H and O–H groups in total. The summed E-state index contributed by atoms with van der Waals surface area (Å²) in [4.78, 5) is 4.49. The second-order valence-corrected chi connectivity index (χ2v) is 5.20. The van der Waals surface area contributed by atoms with Crippen LogP contribution in [-0.4, -0.2) is 26.1 Å². The van der Waals surface area contributed by atoms with Crippen molar-refractivity contribution in [1.82, 2.24) is 9.55 Å². The van der Waals surface area contributed by atoms with Gasteiger partial charge in [-0.3, -0.25) is 4.57 Å². The third-order valence-electron chi connectivity index (χ3n) is 3.87.